The van der Waals surface area contributed by atoms with Gasteiger partial charge in [-0.25, -0.2) is 0 Å². The van der Waals surface area contributed by atoms with E-state index in [0.717, 1.165) is 18.4 Å². The first-order valence-electron chi connectivity index (χ1n) is 4.39. The van der Waals surface area contributed by atoms with Crippen molar-refractivity contribution in [2.24, 2.45) is 5.73 Å². The third kappa shape index (κ3) is 2.90. The molecule has 72 valence electrons. The molecular formula is C10H15ClN2. The van der Waals surface area contributed by atoms with E-state index >= 15 is 0 Å². The van der Waals surface area contributed by atoms with E-state index in [-0.39, 0.29) is 6.04 Å². The van der Waals surface area contributed by atoms with Gasteiger partial charge in [0.2, 0.25) is 0 Å². The van der Waals surface area contributed by atoms with Crippen LogP contribution in [0.4, 0.5) is 5.69 Å². The number of aryl methyl sites for hydroxylation is 1. The molecule has 0 aliphatic carbocycles. The van der Waals surface area contributed by atoms with Crippen LogP contribution >= 0.6 is 11.6 Å². The molecule has 1 unspecified atom stereocenters. The number of hydrogen-bond donors (Lipinski definition) is 2. The zero-order valence-electron chi connectivity index (χ0n) is 7.76. The molecule has 0 saturated carbocycles. The van der Waals surface area contributed by atoms with Gasteiger partial charge >= 0.3 is 0 Å². The van der Waals surface area contributed by atoms with E-state index in [2.05, 4.69) is 0 Å². The van der Waals surface area contributed by atoms with Crippen molar-refractivity contribution in [1.29, 1.82) is 0 Å². The lowest BCUT2D eigenvalue weighted by Crippen LogP contribution is -2.15. The van der Waals surface area contributed by atoms with Gasteiger partial charge in [0.25, 0.3) is 0 Å². The van der Waals surface area contributed by atoms with Crippen molar-refractivity contribution in [1.82, 2.24) is 0 Å². The molecule has 0 aromatic heterocycles. The van der Waals surface area contributed by atoms with Crippen molar-refractivity contribution in [3.8, 4) is 0 Å². The monoisotopic (exact) mass is 198 g/mol. The maximum atomic E-state index is 5.87. The second-order valence-corrected chi connectivity index (χ2v) is 3.74. The summed E-state index contributed by atoms with van der Waals surface area (Å²) < 4.78 is 0. The molecule has 0 saturated heterocycles. The SMILES string of the molecule is CC(N)CCc1cccc(Cl)c1N. The van der Waals surface area contributed by atoms with Gasteiger partial charge in [0.1, 0.15) is 0 Å². The highest BCUT2D eigenvalue weighted by Gasteiger charge is 2.03. The van der Waals surface area contributed by atoms with Crippen molar-refractivity contribution in [2.75, 3.05) is 5.73 Å². The van der Waals surface area contributed by atoms with Gasteiger partial charge in [0.15, 0.2) is 0 Å². The number of halogens is 1. The summed E-state index contributed by atoms with van der Waals surface area (Å²) in [5.41, 5.74) is 13.2. The summed E-state index contributed by atoms with van der Waals surface area (Å²) in [5.74, 6) is 0. The van der Waals surface area contributed by atoms with Gasteiger partial charge in [-0.05, 0) is 31.4 Å². The van der Waals surface area contributed by atoms with Crippen LogP contribution in [0.25, 0.3) is 0 Å². The first-order chi connectivity index (χ1) is 6.11. The molecule has 1 rings (SSSR count). The fourth-order valence-electron chi connectivity index (χ4n) is 1.18. The van der Waals surface area contributed by atoms with E-state index in [4.69, 9.17) is 23.1 Å². The molecule has 4 N–H and O–H groups in total. The van der Waals surface area contributed by atoms with Gasteiger partial charge in [0.05, 0.1) is 10.7 Å². The van der Waals surface area contributed by atoms with Crippen LogP contribution in [0.2, 0.25) is 5.02 Å². The van der Waals surface area contributed by atoms with E-state index in [9.17, 15) is 0 Å². The van der Waals surface area contributed by atoms with Crippen molar-refractivity contribution in [2.45, 2.75) is 25.8 Å². The number of para-hydroxylation sites is 1. The Labute approximate surface area is 83.9 Å². The topological polar surface area (TPSA) is 52.0 Å². The van der Waals surface area contributed by atoms with E-state index in [0.29, 0.717) is 10.7 Å². The maximum Gasteiger partial charge on any atom is 0.0638 e. The Morgan fingerprint density at radius 1 is 1.46 bits per heavy atom. The van der Waals surface area contributed by atoms with Gasteiger partial charge in [0, 0.05) is 6.04 Å². The molecule has 0 amide bonds. The normalized spacial score (nSPS) is 12.8. The van der Waals surface area contributed by atoms with Gasteiger partial charge in [-0.3, -0.25) is 0 Å². The Bertz CT molecular complexity index is 284. The fraction of sp³-hybridized carbons (Fsp3) is 0.400. The molecule has 0 spiro atoms. The minimum atomic E-state index is 0.207. The molecule has 2 nitrogen and oxygen atoms in total. The van der Waals surface area contributed by atoms with Crippen LogP contribution in [0.3, 0.4) is 0 Å². The third-order valence-electron chi connectivity index (χ3n) is 2.01. The predicted octanol–water partition coefficient (Wildman–Crippen LogP) is 2.20. The van der Waals surface area contributed by atoms with E-state index in [1.54, 1.807) is 6.07 Å². The van der Waals surface area contributed by atoms with Crippen molar-refractivity contribution < 1.29 is 0 Å². The Morgan fingerprint density at radius 2 is 2.15 bits per heavy atom. The molecule has 0 bridgehead atoms. The van der Waals surface area contributed by atoms with Crippen LogP contribution in [0.15, 0.2) is 18.2 Å². The van der Waals surface area contributed by atoms with Gasteiger partial charge in [-0.15, -0.1) is 0 Å². The number of anilines is 1. The molecule has 1 aromatic rings. The molecule has 13 heavy (non-hydrogen) atoms. The molecule has 1 atom stereocenters. The minimum absolute atomic E-state index is 0.207. The van der Waals surface area contributed by atoms with Crippen LogP contribution in [-0.4, -0.2) is 6.04 Å². The van der Waals surface area contributed by atoms with Crippen molar-refractivity contribution in [3.63, 3.8) is 0 Å². The lowest BCUT2D eigenvalue weighted by atomic mass is 10.1. The second-order valence-electron chi connectivity index (χ2n) is 3.33. The summed E-state index contributed by atoms with van der Waals surface area (Å²) in [7, 11) is 0. The Kier molecular flexibility index (Phi) is 3.58. The van der Waals surface area contributed by atoms with Crippen LogP contribution < -0.4 is 11.5 Å². The first-order valence-corrected chi connectivity index (χ1v) is 4.77. The van der Waals surface area contributed by atoms with Crippen LogP contribution in [0.5, 0.6) is 0 Å². The summed E-state index contributed by atoms with van der Waals surface area (Å²) >= 11 is 5.87. The molecule has 0 radical (unpaired) electrons. The van der Waals surface area contributed by atoms with Gasteiger partial charge < -0.3 is 11.5 Å². The summed E-state index contributed by atoms with van der Waals surface area (Å²) in [5, 5.41) is 0.627. The first kappa shape index (κ1) is 10.4. The number of hydrogen-bond acceptors (Lipinski definition) is 2. The average molecular weight is 199 g/mol. The quantitative estimate of drug-likeness (QED) is 0.732. The zero-order valence-corrected chi connectivity index (χ0v) is 8.51. The Balaban J connectivity index is 2.71. The Morgan fingerprint density at radius 3 is 2.77 bits per heavy atom. The molecule has 3 heteroatoms. The van der Waals surface area contributed by atoms with E-state index in [1.165, 1.54) is 0 Å². The summed E-state index contributed by atoms with van der Waals surface area (Å²) in [6.45, 7) is 1.99. The average Bonchev–Trinajstić information content (AvgIpc) is 2.07. The smallest absolute Gasteiger partial charge is 0.0638 e. The van der Waals surface area contributed by atoms with Crippen LogP contribution in [-0.2, 0) is 6.42 Å². The van der Waals surface area contributed by atoms with E-state index in [1.807, 2.05) is 19.1 Å². The lowest BCUT2D eigenvalue weighted by molar-refractivity contribution is 0.667. The van der Waals surface area contributed by atoms with E-state index < -0.39 is 0 Å². The Hall–Kier alpha value is -0.730. The number of benzene rings is 1. The number of rotatable bonds is 3. The molecule has 0 aliphatic rings. The molecule has 0 heterocycles. The summed E-state index contributed by atoms with van der Waals surface area (Å²) in [4.78, 5) is 0. The summed E-state index contributed by atoms with van der Waals surface area (Å²) in [6, 6.07) is 5.91. The summed E-state index contributed by atoms with van der Waals surface area (Å²) in [6.07, 6.45) is 1.83. The molecule has 0 aliphatic heterocycles. The highest BCUT2D eigenvalue weighted by atomic mass is 35.5. The van der Waals surface area contributed by atoms with Crippen molar-refractivity contribution in [3.05, 3.63) is 28.8 Å². The highest BCUT2D eigenvalue weighted by molar-refractivity contribution is 6.33. The molecule has 1 aromatic carbocycles. The van der Waals surface area contributed by atoms with Crippen LogP contribution in [0, 0.1) is 0 Å². The number of nitrogens with two attached hydrogens (primary N) is 2. The lowest BCUT2D eigenvalue weighted by Gasteiger charge is -2.08. The molecular weight excluding hydrogens is 184 g/mol. The van der Waals surface area contributed by atoms with Crippen molar-refractivity contribution >= 4 is 17.3 Å². The van der Waals surface area contributed by atoms with Gasteiger partial charge in [-0.1, -0.05) is 23.7 Å². The second kappa shape index (κ2) is 4.49. The maximum absolute atomic E-state index is 5.87. The largest absolute Gasteiger partial charge is 0.397 e. The standard InChI is InChI=1S/C10H15ClN2/c1-7(12)5-6-8-3-2-4-9(11)10(8)13/h2-4,7H,5-6,12-13H2,1H3. The minimum Gasteiger partial charge on any atom is -0.397 e. The predicted molar refractivity (Wildman–Crippen MR) is 57.8 cm³/mol. The number of nitrogen functional groups attached to an aromatic ring is 1. The van der Waals surface area contributed by atoms with Gasteiger partial charge in [-0.2, -0.15) is 0 Å². The molecule has 0 fully saturated rings. The van der Waals surface area contributed by atoms with Crippen LogP contribution in [0.1, 0.15) is 18.9 Å². The zero-order chi connectivity index (χ0) is 9.84. The third-order valence-corrected chi connectivity index (χ3v) is 2.34. The fourth-order valence-corrected chi connectivity index (χ4v) is 1.38. The highest BCUT2D eigenvalue weighted by Crippen LogP contribution is 2.23.